The number of nitrogens with zero attached hydrogens (tertiary/aromatic N) is 12. The standard InChI is InChI=1S/C24H24N12/c1-34(22-9-5-7-11-26-22)32-16-20-13-28-21(14-27-20)17-33-36(3)24-12-23(29-18-30-24)35(2)31-15-19-8-4-6-10-25-19/h4-18H,1-3H3/b31-15+,32-16+,33-17+. The van der Waals surface area contributed by atoms with Gasteiger partial charge in [-0.15, -0.1) is 0 Å². The van der Waals surface area contributed by atoms with Gasteiger partial charge in [-0.3, -0.25) is 30.0 Å². The molecule has 0 unspecified atom stereocenters. The predicted molar refractivity (Wildman–Crippen MR) is 141 cm³/mol. The van der Waals surface area contributed by atoms with E-state index in [0.717, 1.165) is 11.5 Å². The first-order valence-corrected chi connectivity index (χ1v) is 10.9. The van der Waals surface area contributed by atoms with E-state index in [4.69, 9.17) is 0 Å². The zero-order valence-electron chi connectivity index (χ0n) is 20.0. The van der Waals surface area contributed by atoms with Crippen LogP contribution in [0.3, 0.4) is 0 Å². The summed E-state index contributed by atoms with van der Waals surface area (Å²) in [6.07, 6.45) is 13.0. The van der Waals surface area contributed by atoms with Crippen LogP contribution >= 0.6 is 0 Å². The second-order valence-electron chi connectivity index (χ2n) is 7.35. The van der Waals surface area contributed by atoms with Crippen LogP contribution in [0.25, 0.3) is 0 Å². The second kappa shape index (κ2) is 11.8. The molecule has 0 bridgehead atoms. The van der Waals surface area contributed by atoms with Crippen LogP contribution in [-0.4, -0.2) is 69.7 Å². The highest BCUT2D eigenvalue weighted by molar-refractivity contribution is 5.80. The van der Waals surface area contributed by atoms with E-state index in [1.165, 1.54) is 6.33 Å². The van der Waals surface area contributed by atoms with Gasteiger partial charge in [0.1, 0.15) is 23.5 Å². The van der Waals surface area contributed by atoms with Gasteiger partial charge < -0.3 is 0 Å². The molecule has 0 saturated carbocycles. The van der Waals surface area contributed by atoms with Crippen molar-refractivity contribution in [3.63, 3.8) is 0 Å². The van der Waals surface area contributed by atoms with Crippen LogP contribution < -0.4 is 15.0 Å². The van der Waals surface area contributed by atoms with Crippen molar-refractivity contribution >= 4 is 36.1 Å². The molecule has 4 heterocycles. The molecular weight excluding hydrogens is 456 g/mol. The van der Waals surface area contributed by atoms with E-state index >= 15 is 0 Å². The van der Waals surface area contributed by atoms with Crippen molar-refractivity contribution in [2.45, 2.75) is 0 Å². The van der Waals surface area contributed by atoms with Crippen molar-refractivity contribution in [1.82, 2.24) is 29.9 Å². The summed E-state index contributed by atoms with van der Waals surface area (Å²) in [6.45, 7) is 0. The Morgan fingerprint density at radius 2 is 1.08 bits per heavy atom. The number of hydrogen-bond donors (Lipinski definition) is 0. The summed E-state index contributed by atoms with van der Waals surface area (Å²) in [7, 11) is 5.39. The van der Waals surface area contributed by atoms with Gasteiger partial charge in [0.25, 0.3) is 0 Å². The molecule has 0 saturated heterocycles. The lowest BCUT2D eigenvalue weighted by atomic mass is 10.4. The molecule has 0 aliphatic heterocycles. The molecule has 0 amide bonds. The van der Waals surface area contributed by atoms with E-state index in [1.54, 1.807) is 78.6 Å². The van der Waals surface area contributed by atoms with E-state index < -0.39 is 0 Å². The van der Waals surface area contributed by atoms with E-state index in [1.807, 2.05) is 43.4 Å². The molecule has 12 nitrogen and oxygen atoms in total. The van der Waals surface area contributed by atoms with Crippen molar-refractivity contribution < 1.29 is 0 Å². The topological polar surface area (TPSA) is 124 Å². The van der Waals surface area contributed by atoms with Crippen molar-refractivity contribution in [1.29, 1.82) is 0 Å². The molecule has 12 heteroatoms. The molecule has 0 aliphatic carbocycles. The lowest BCUT2D eigenvalue weighted by Gasteiger charge is -2.15. The maximum atomic E-state index is 4.40. The maximum absolute atomic E-state index is 4.40. The first kappa shape index (κ1) is 24.0. The minimum atomic E-state index is 0.587. The molecule has 4 aromatic rings. The average Bonchev–Trinajstić information content (AvgIpc) is 2.95. The highest BCUT2D eigenvalue weighted by atomic mass is 15.5. The molecule has 0 fully saturated rings. The van der Waals surface area contributed by atoms with Crippen molar-refractivity contribution in [3.8, 4) is 0 Å². The van der Waals surface area contributed by atoms with E-state index in [-0.39, 0.29) is 0 Å². The Labute approximate surface area is 208 Å². The molecule has 0 spiro atoms. The Bertz CT molecular complexity index is 1320. The highest BCUT2D eigenvalue weighted by Gasteiger charge is 2.06. The zero-order chi connectivity index (χ0) is 25.2. The van der Waals surface area contributed by atoms with E-state index in [0.29, 0.717) is 23.0 Å². The fraction of sp³-hybridized carbons (Fsp3) is 0.125. The lowest BCUT2D eigenvalue weighted by molar-refractivity contribution is 0.930. The van der Waals surface area contributed by atoms with Gasteiger partial charge in [-0.1, -0.05) is 12.1 Å². The molecular formula is C24H24N12. The van der Waals surface area contributed by atoms with Crippen molar-refractivity contribution in [3.05, 3.63) is 90.7 Å². The smallest absolute Gasteiger partial charge is 0.154 e. The van der Waals surface area contributed by atoms with Gasteiger partial charge in [0.15, 0.2) is 11.6 Å². The number of aromatic nitrogens is 6. The van der Waals surface area contributed by atoms with Crippen LogP contribution in [0.2, 0.25) is 0 Å². The molecule has 4 rings (SSSR count). The van der Waals surface area contributed by atoms with Gasteiger partial charge in [-0.05, 0) is 24.3 Å². The minimum absolute atomic E-state index is 0.587. The average molecular weight is 481 g/mol. The summed E-state index contributed by atoms with van der Waals surface area (Å²) < 4.78 is 0. The number of rotatable bonds is 9. The number of pyridine rings is 2. The summed E-state index contributed by atoms with van der Waals surface area (Å²) in [5.74, 6) is 1.92. The van der Waals surface area contributed by atoms with Gasteiger partial charge >= 0.3 is 0 Å². The first-order valence-electron chi connectivity index (χ1n) is 10.9. The summed E-state index contributed by atoms with van der Waals surface area (Å²) in [5, 5.41) is 18.0. The predicted octanol–water partition coefficient (Wildman–Crippen LogP) is 2.47. The highest BCUT2D eigenvalue weighted by Crippen LogP contribution is 2.16. The summed E-state index contributed by atoms with van der Waals surface area (Å²) in [5.41, 5.74) is 1.94. The van der Waals surface area contributed by atoms with Crippen LogP contribution in [0.4, 0.5) is 17.5 Å². The fourth-order valence-electron chi connectivity index (χ4n) is 2.78. The van der Waals surface area contributed by atoms with Crippen LogP contribution in [0.1, 0.15) is 17.1 Å². The molecule has 0 atom stereocenters. The van der Waals surface area contributed by atoms with E-state index in [2.05, 4.69) is 45.2 Å². The normalized spacial score (nSPS) is 11.4. The van der Waals surface area contributed by atoms with Crippen molar-refractivity contribution in [2.75, 3.05) is 36.2 Å². The van der Waals surface area contributed by atoms with Crippen LogP contribution in [-0.2, 0) is 0 Å². The van der Waals surface area contributed by atoms with Crippen LogP contribution in [0, 0.1) is 0 Å². The summed E-state index contributed by atoms with van der Waals surface area (Å²) in [6, 6.07) is 13.0. The number of hydrazone groups is 3. The Kier molecular flexibility index (Phi) is 7.89. The molecule has 36 heavy (non-hydrogen) atoms. The second-order valence-corrected chi connectivity index (χ2v) is 7.35. The molecule has 0 aliphatic rings. The molecule has 0 radical (unpaired) electrons. The van der Waals surface area contributed by atoms with E-state index in [9.17, 15) is 0 Å². The van der Waals surface area contributed by atoms with Gasteiger partial charge in [-0.25, -0.2) is 15.0 Å². The Balaban J connectivity index is 1.36. The third-order valence-corrected chi connectivity index (χ3v) is 4.75. The fourth-order valence-corrected chi connectivity index (χ4v) is 2.78. The SMILES string of the molecule is CN(/N=C/c1cnc(/C=N/N(C)c2cc(N(C)/N=C/c3ccccn3)ncn2)cn1)c1ccccn1. The maximum Gasteiger partial charge on any atom is 0.154 e. The molecule has 180 valence electrons. The third kappa shape index (κ3) is 6.70. The number of anilines is 3. The quantitative estimate of drug-likeness (QED) is 0.262. The minimum Gasteiger partial charge on any atom is -0.255 e. The van der Waals surface area contributed by atoms with Crippen molar-refractivity contribution in [2.24, 2.45) is 15.3 Å². The van der Waals surface area contributed by atoms with Gasteiger partial charge in [0.2, 0.25) is 0 Å². The molecule has 0 aromatic carbocycles. The Morgan fingerprint density at radius 3 is 1.58 bits per heavy atom. The third-order valence-electron chi connectivity index (χ3n) is 4.75. The zero-order valence-corrected chi connectivity index (χ0v) is 20.0. The number of hydrogen-bond acceptors (Lipinski definition) is 12. The van der Waals surface area contributed by atoms with Crippen LogP contribution in [0.15, 0.2) is 88.9 Å². The first-order chi connectivity index (χ1) is 17.6. The van der Waals surface area contributed by atoms with Gasteiger partial charge in [-0.2, -0.15) is 15.3 Å². The monoisotopic (exact) mass is 480 g/mol. The summed E-state index contributed by atoms with van der Waals surface area (Å²) in [4.78, 5) is 25.7. The Hall–Kier alpha value is -5.13. The lowest BCUT2D eigenvalue weighted by Crippen LogP contribution is -2.15. The largest absolute Gasteiger partial charge is 0.255 e. The summed E-state index contributed by atoms with van der Waals surface area (Å²) >= 11 is 0. The van der Waals surface area contributed by atoms with Crippen LogP contribution in [0.5, 0.6) is 0 Å². The van der Waals surface area contributed by atoms with Gasteiger partial charge in [0, 0.05) is 39.6 Å². The molecule has 0 N–H and O–H groups in total. The molecule has 4 aromatic heterocycles. The Morgan fingerprint density at radius 1 is 0.556 bits per heavy atom. The van der Waals surface area contributed by atoms with Gasteiger partial charge in [0.05, 0.1) is 36.7 Å².